The Morgan fingerprint density at radius 2 is 0.964 bits per heavy atom. The van der Waals surface area contributed by atoms with Gasteiger partial charge in [0.2, 0.25) is 0 Å². The summed E-state index contributed by atoms with van der Waals surface area (Å²) in [7, 11) is 0. The van der Waals surface area contributed by atoms with Crippen LogP contribution in [-0.4, -0.2) is 0 Å². The molecule has 0 N–H and O–H groups in total. The van der Waals surface area contributed by atoms with Crippen LogP contribution < -0.4 is 0 Å². The summed E-state index contributed by atoms with van der Waals surface area (Å²) in [6.45, 7) is 2.21. The van der Waals surface area contributed by atoms with Gasteiger partial charge in [-0.2, -0.15) is 0 Å². The first-order valence-corrected chi connectivity index (χ1v) is 10.0. The monoisotopic (exact) mass is 356 g/mol. The van der Waals surface area contributed by atoms with Crippen LogP contribution in [0, 0.1) is 0 Å². The van der Waals surface area contributed by atoms with E-state index in [1.54, 1.807) is 0 Å². The van der Waals surface area contributed by atoms with Gasteiger partial charge in [0.25, 0.3) is 0 Å². The van der Waals surface area contributed by atoms with Crippen molar-refractivity contribution in [2.45, 2.75) is 13.3 Å². The Labute approximate surface area is 164 Å². The van der Waals surface area contributed by atoms with E-state index in [1.165, 1.54) is 59.4 Å². The van der Waals surface area contributed by atoms with Crippen LogP contribution in [0.2, 0.25) is 0 Å². The molecule has 0 bridgehead atoms. The molecule has 0 nitrogen and oxygen atoms in total. The first kappa shape index (κ1) is 15.7. The van der Waals surface area contributed by atoms with Gasteiger partial charge in [0.05, 0.1) is 0 Å². The highest BCUT2D eigenvalue weighted by atomic mass is 14.1. The quantitative estimate of drug-likeness (QED) is 0.207. The lowest BCUT2D eigenvalue weighted by Crippen LogP contribution is -1.84. The van der Waals surface area contributed by atoms with Gasteiger partial charge in [0.15, 0.2) is 0 Å². The van der Waals surface area contributed by atoms with Gasteiger partial charge in [-0.1, -0.05) is 73.7 Å². The molecule has 0 heterocycles. The molecule has 0 radical (unpaired) electrons. The minimum Gasteiger partial charge on any atom is -0.0616 e. The zero-order valence-electron chi connectivity index (χ0n) is 15.9. The van der Waals surface area contributed by atoms with Crippen LogP contribution in [0.1, 0.15) is 12.5 Å². The molecule has 6 rings (SSSR count). The second-order valence-electron chi connectivity index (χ2n) is 7.76. The third kappa shape index (κ3) is 2.25. The van der Waals surface area contributed by atoms with Crippen molar-refractivity contribution < 1.29 is 0 Å². The Hall–Kier alpha value is -3.38. The molecule has 0 aromatic heterocycles. The van der Waals surface area contributed by atoms with E-state index in [2.05, 4.69) is 97.9 Å². The highest BCUT2D eigenvalue weighted by Crippen LogP contribution is 2.35. The van der Waals surface area contributed by atoms with Gasteiger partial charge < -0.3 is 0 Å². The van der Waals surface area contributed by atoms with Crippen molar-refractivity contribution in [3.8, 4) is 0 Å². The third-order valence-electron chi connectivity index (χ3n) is 6.13. The molecule has 0 aliphatic heterocycles. The summed E-state index contributed by atoms with van der Waals surface area (Å²) in [5.74, 6) is 0. The summed E-state index contributed by atoms with van der Waals surface area (Å²) in [6, 6.07) is 33.9. The fraction of sp³-hybridized carbons (Fsp3) is 0.0714. The molecule has 0 atom stereocenters. The van der Waals surface area contributed by atoms with Crippen LogP contribution in [0.25, 0.3) is 53.9 Å². The molecule has 6 aromatic rings. The molecule has 0 saturated heterocycles. The van der Waals surface area contributed by atoms with Crippen molar-refractivity contribution in [3.05, 3.63) is 96.6 Å². The molecule has 0 fully saturated rings. The van der Waals surface area contributed by atoms with Gasteiger partial charge in [-0.25, -0.2) is 0 Å². The number of benzene rings is 6. The molecule has 0 amide bonds. The maximum atomic E-state index is 2.36. The first-order chi connectivity index (χ1) is 13.8. The maximum Gasteiger partial charge on any atom is -0.00987 e. The van der Waals surface area contributed by atoms with Crippen molar-refractivity contribution >= 4 is 53.9 Å². The zero-order chi connectivity index (χ0) is 18.7. The van der Waals surface area contributed by atoms with Crippen LogP contribution in [0.4, 0.5) is 0 Å². The second kappa shape index (κ2) is 5.81. The van der Waals surface area contributed by atoms with Crippen LogP contribution in [0.15, 0.2) is 91.0 Å². The Bertz CT molecular complexity index is 1540. The number of aryl methyl sites for hydroxylation is 1. The third-order valence-corrected chi connectivity index (χ3v) is 6.13. The fourth-order valence-corrected chi connectivity index (χ4v) is 4.58. The lowest BCUT2D eigenvalue weighted by Gasteiger charge is -2.11. The van der Waals surface area contributed by atoms with Crippen LogP contribution in [0.5, 0.6) is 0 Å². The normalized spacial score (nSPS) is 11.9. The smallest absolute Gasteiger partial charge is 0.00987 e. The van der Waals surface area contributed by atoms with E-state index in [0.717, 1.165) is 6.42 Å². The van der Waals surface area contributed by atoms with Crippen LogP contribution in [0.3, 0.4) is 0 Å². The highest BCUT2D eigenvalue weighted by molar-refractivity contribution is 6.20. The average molecular weight is 356 g/mol. The largest absolute Gasteiger partial charge is 0.0616 e. The van der Waals surface area contributed by atoms with E-state index in [1.807, 2.05) is 0 Å². The molecule has 0 aliphatic rings. The number of fused-ring (bicyclic) bond motifs is 7. The molecule has 0 heteroatoms. The van der Waals surface area contributed by atoms with Gasteiger partial charge in [0, 0.05) is 0 Å². The summed E-state index contributed by atoms with van der Waals surface area (Å²) in [6.07, 6.45) is 1.08. The molecule has 28 heavy (non-hydrogen) atoms. The molecular formula is C28H20. The molecule has 0 unspecified atom stereocenters. The van der Waals surface area contributed by atoms with E-state index in [0.29, 0.717) is 0 Å². The summed E-state index contributed by atoms with van der Waals surface area (Å²) in [5, 5.41) is 13.2. The lowest BCUT2D eigenvalue weighted by molar-refractivity contribution is 1.15. The van der Waals surface area contributed by atoms with Crippen LogP contribution >= 0.6 is 0 Å². The standard InChI is InChI=1S/C28H20/c1-2-18-7-8-21-17-28-23(15-24(21)13-18)10-12-25-26(28)11-9-22-14-19-5-3-4-6-20(19)16-27(22)25/h3-17H,2H2,1H3. The van der Waals surface area contributed by atoms with E-state index in [4.69, 9.17) is 0 Å². The summed E-state index contributed by atoms with van der Waals surface area (Å²) < 4.78 is 0. The molecular weight excluding hydrogens is 336 g/mol. The minimum absolute atomic E-state index is 1.08. The topological polar surface area (TPSA) is 0 Å². The predicted molar refractivity (Wildman–Crippen MR) is 123 cm³/mol. The van der Waals surface area contributed by atoms with Gasteiger partial charge in [0.1, 0.15) is 0 Å². The van der Waals surface area contributed by atoms with Gasteiger partial charge in [-0.05, 0) is 90.1 Å². The Balaban J connectivity index is 1.73. The van der Waals surface area contributed by atoms with E-state index >= 15 is 0 Å². The van der Waals surface area contributed by atoms with E-state index < -0.39 is 0 Å². The van der Waals surface area contributed by atoms with Gasteiger partial charge in [-0.15, -0.1) is 0 Å². The summed E-state index contributed by atoms with van der Waals surface area (Å²) in [5.41, 5.74) is 1.39. The van der Waals surface area contributed by atoms with Gasteiger partial charge >= 0.3 is 0 Å². The predicted octanol–water partition coefficient (Wildman–Crippen LogP) is 8.02. The van der Waals surface area contributed by atoms with Gasteiger partial charge in [-0.3, -0.25) is 0 Å². The maximum absolute atomic E-state index is 2.36. The number of rotatable bonds is 1. The molecule has 0 aliphatic carbocycles. The Morgan fingerprint density at radius 3 is 1.61 bits per heavy atom. The highest BCUT2D eigenvalue weighted by Gasteiger charge is 2.07. The molecule has 132 valence electrons. The fourth-order valence-electron chi connectivity index (χ4n) is 4.58. The second-order valence-corrected chi connectivity index (χ2v) is 7.76. The summed E-state index contributed by atoms with van der Waals surface area (Å²) in [4.78, 5) is 0. The number of hydrogen-bond acceptors (Lipinski definition) is 0. The number of hydrogen-bond donors (Lipinski definition) is 0. The Kier molecular flexibility index (Phi) is 3.25. The zero-order valence-corrected chi connectivity index (χ0v) is 15.9. The van der Waals surface area contributed by atoms with Crippen molar-refractivity contribution in [2.24, 2.45) is 0 Å². The summed E-state index contributed by atoms with van der Waals surface area (Å²) >= 11 is 0. The van der Waals surface area contributed by atoms with Crippen molar-refractivity contribution in [1.82, 2.24) is 0 Å². The average Bonchev–Trinajstić information content (AvgIpc) is 2.75. The van der Waals surface area contributed by atoms with Crippen molar-refractivity contribution in [2.75, 3.05) is 0 Å². The van der Waals surface area contributed by atoms with E-state index in [-0.39, 0.29) is 0 Å². The van der Waals surface area contributed by atoms with E-state index in [9.17, 15) is 0 Å². The molecule has 0 saturated carbocycles. The van der Waals surface area contributed by atoms with Crippen molar-refractivity contribution in [1.29, 1.82) is 0 Å². The lowest BCUT2D eigenvalue weighted by atomic mass is 9.93. The minimum atomic E-state index is 1.08. The molecule has 0 spiro atoms. The van der Waals surface area contributed by atoms with Crippen molar-refractivity contribution in [3.63, 3.8) is 0 Å². The SMILES string of the molecule is CCc1ccc2cc3c(ccc4c5cc6ccccc6cc5ccc34)cc2c1. The first-order valence-electron chi connectivity index (χ1n) is 10.0. The van der Waals surface area contributed by atoms with Crippen LogP contribution in [-0.2, 0) is 6.42 Å². The Morgan fingerprint density at radius 1 is 0.429 bits per heavy atom. The molecule has 6 aromatic carbocycles.